The fraction of sp³-hybridized carbons (Fsp3) is 0. The summed E-state index contributed by atoms with van der Waals surface area (Å²) in [4.78, 5) is 14.5. The van der Waals surface area contributed by atoms with Crippen molar-refractivity contribution < 1.29 is 61.3 Å². The number of benzene rings is 1. The number of hydrogen-bond acceptors (Lipinski definition) is 3. The maximum absolute atomic E-state index is 10.6. The summed E-state index contributed by atoms with van der Waals surface area (Å²) in [6, 6.07) is 8.14. The Kier molecular flexibility index (Phi) is 5.78. The van der Waals surface area contributed by atoms with Gasteiger partial charge >= 0.3 is 51.4 Å². The molecule has 0 bridgehead atoms. The fourth-order valence-corrected chi connectivity index (χ4v) is 1.54. The number of carboxylic acids is 1. The van der Waals surface area contributed by atoms with Crippen LogP contribution in [0.2, 0.25) is 5.02 Å². The molecule has 0 unspecified atom stereocenters. The van der Waals surface area contributed by atoms with Crippen LogP contribution < -0.4 is 56.5 Å². The zero-order chi connectivity index (χ0) is 11.5. The smallest absolute Gasteiger partial charge is 0.545 e. The molecule has 1 aromatic heterocycles. The van der Waals surface area contributed by atoms with E-state index in [1.807, 2.05) is 0 Å². The number of nitrogens with zero attached hydrogens (tertiary/aromatic N) is 1. The van der Waals surface area contributed by atoms with Crippen LogP contribution in [0.1, 0.15) is 10.4 Å². The molecule has 2 rings (SSSR count). The second-order valence-electron chi connectivity index (χ2n) is 3.26. The number of aromatic nitrogens is 1. The van der Waals surface area contributed by atoms with E-state index in [9.17, 15) is 9.90 Å². The quantitative estimate of drug-likeness (QED) is 0.643. The molecule has 0 spiro atoms. The maximum Gasteiger partial charge on any atom is 1.00 e. The molecule has 0 N–H and O–H groups in total. The van der Waals surface area contributed by atoms with Crippen LogP contribution in [0.15, 0.2) is 42.7 Å². The average Bonchev–Trinajstić information content (AvgIpc) is 2.29. The van der Waals surface area contributed by atoms with Gasteiger partial charge in [-0.25, -0.2) is 0 Å². The third-order valence-electron chi connectivity index (χ3n) is 2.16. The predicted octanol–water partition coefficient (Wildman–Crippen LogP) is -1.23. The monoisotopic (exact) mass is 271 g/mol. The zero-order valence-electron chi connectivity index (χ0n) is 9.18. The predicted molar refractivity (Wildman–Crippen MR) is 59.0 cm³/mol. The number of hydrogen-bond donors (Lipinski definition) is 0. The minimum Gasteiger partial charge on any atom is -0.545 e. The molecule has 3 nitrogen and oxygen atoms in total. The first-order chi connectivity index (χ1) is 7.66. The summed E-state index contributed by atoms with van der Waals surface area (Å²) < 4.78 is 0. The number of carboxylic acid groups (broad SMARTS) is 1. The molecule has 0 aliphatic heterocycles. The van der Waals surface area contributed by atoms with Gasteiger partial charge in [-0.3, -0.25) is 4.98 Å². The largest absolute Gasteiger partial charge is 1.00 e. The van der Waals surface area contributed by atoms with Crippen LogP contribution in [-0.2, 0) is 0 Å². The van der Waals surface area contributed by atoms with Crippen LogP contribution in [0.5, 0.6) is 0 Å². The molecule has 80 valence electrons. The summed E-state index contributed by atoms with van der Waals surface area (Å²) in [6.07, 6.45) is 3.21. The Morgan fingerprint density at radius 1 is 1.12 bits per heavy atom. The Bertz CT molecular complexity index is 528. The summed E-state index contributed by atoms with van der Waals surface area (Å²) in [6.45, 7) is 0. The molecule has 0 atom stereocenters. The van der Waals surface area contributed by atoms with E-state index < -0.39 is 5.97 Å². The van der Waals surface area contributed by atoms with Gasteiger partial charge in [0.15, 0.2) is 0 Å². The van der Waals surface area contributed by atoms with Crippen LogP contribution in [0.3, 0.4) is 0 Å². The molecule has 0 aliphatic carbocycles. The molecule has 0 radical (unpaired) electrons. The van der Waals surface area contributed by atoms with Crippen LogP contribution in [0.4, 0.5) is 0 Å². The first-order valence-electron chi connectivity index (χ1n) is 4.59. The molecule has 0 aliphatic rings. The number of aromatic carboxylic acids is 1. The van der Waals surface area contributed by atoms with Crippen molar-refractivity contribution in [1.29, 1.82) is 0 Å². The van der Waals surface area contributed by atoms with Crippen molar-refractivity contribution in [3.63, 3.8) is 0 Å². The number of carbonyl (C=O) groups excluding carboxylic acids is 1. The Morgan fingerprint density at radius 2 is 1.76 bits per heavy atom. The summed E-state index contributed by atoms with van der Waals surface area (Å²) >= 11 is 5.81. The second kappa shape index (κ2) is 6.63. The molecule has 0 amide bonds. The molecular weight excluding hydrogens is 265 g/mol. The van der Waals surface area contributed by atoms with Crippen molar-refractivity contribution in [2.45, 2.75) is 0 Å². The molecule has 17 heavy (non-hydrogen) atoms. The summed E-state index contributed by atoms with van der Waals surface area (Å²) in [7, 11) is 0. The second-order valence-corrected chi connectivity index (χ2v) is 3.69. The molecule has 2 aromatic rings. The van der Waals surface area contributed by atoms with Crippen molar-refractivity contribution in [3.05, 3.63) is 53.3 Å². The normalized spacial score (nSPS) is 9.47. The van der Waals surface area contributed by atoms with Gasteiger partial charge in [0.1, 0.15) is 0 Å². The topological polar surface area (TPSA) is 53.0 Å². The van der Waals surface area contributed by atoms with Crippen LogP contribution in [-0.4, -0.2) is 11.0 Å². The number of carbonyl (C=O) groups is 1. The standard InChI is InChI=1S/C12H8ClNO2.K/c13-11-5-10(6-14-7-11)8-1-3-9(4-2-8)12(15)16;/h1-7H,(H,15,16);/q;+1/p-1. The minimum atomic E-state index is -1.18. The summed E-state index contributed by atoms with van der Waals surface area (Å²) in [5.74, 6) is -1.18. The van der Waals surface area contributed by atoms with E-state index in [1.165, 1.54) is 12.1 Å². The molecule has 5 heteroatoms. The Hall–Kier alpha value is -0.234. The van der Waals surface area contributed by atoms with Gasteiger partial charge in [-0.15, -0.1) is 0 Å². The van der Waals surface area contributed by atoms with E-state index in [-0.39, 0.29) is 56.9 Å². The van der Waals surface area contributed by atoms with Gasteiger partial charge < -0.3 is 9.90 Å². The Balaban J connectivity index is 0.00000144. The first-order valence-corrected chi connectivity index (χ1v) is 4.97. The third-order valence-corrected chi connectivity index (χ3v) is 2.37. The summed E-state index contributed by atoms with van der Waals surface area (Å²) in [5.41, 5.74) is 1.86. The van der Waals surface area contributed by atoms with Gasteiger partial charge in [-0.2, -0.15) is 0 Å². The molecule has 1 aromatic carbocycles. The van der Waals surface area contributed by atoms with Gasteiger partial charge in [0.2, 0.25) is 0 Å². The Labute approximate surface area is 146 Å². The number of pyridine rings is 1. The maximum atomic E-state index is 10.6. The number of halogens is 1. The number of rotatable bonds is 2. The van der Waals surface area contributed by atoms with Gasteiger partial charge in [-0.1, -0.05) is 35.9 Å². The third kappa shape index (κ3) is 3.88. The van der Waals surface area contributed by atoms with Crippen molar-refractivity contribution in [2.75, 3.05) is 0 Å². The van der Waals surface area contributed by atoms with Crippen molar-refractivity contribution >= 4 is 17.6 Å². The molecule has 0 saturated carbocycles. The van der Waals surface area contributed by atoms with Crippen LogP contribution in [0.25, 0.3) is 11.1 Å². The minimum absolute atomic E-state index is 0. The Morgan fingerprint density at radius 3 is 2.29 bits per heavy atom. The fourth-order valence-electron chi connectivity index (χ4n) is 1.37. The SMILES string of the molecule is O=C([O-])c1ccc(-c2cncc(Cl)c2)cc1.[K+]. The van der Waals surface area contributed by atoms with E-state index in [0.29, 0.717) is 5.02 Å². The van der Waals surface area contributed by atoms with E-state index in [0.717, 1.165) is 11.1 Å². The first kappa shape index (κ1) is 14.8. The van der Waals surface area contributed by atoms with Gasteiger partial charge in [0.05, 0.1) is 11.0 Å². The van der Waals surface area contributed by atoms with Gasteiger partial charge in [-0.05, 0) is 17.2 Å². The summed E-state index contributed by atoms with van der Waals surface area (Å²) in [5, 5.41) is 11.1. The van der Waals surface area contributed by atoms with Gasteiger partial charge in [0, 0.05) is 18.0 Å². The van der Waals surface area contributed by atoms with Crippen LogP contribution in [0, 0.1) is 0 Å². The molecule has 1 heterocycles. The molecule has 0 fully saturated rings. The van der Waals surface area contributed by atoms with E-state index in [4.69, 9.17) is 11.6 Å². The molecule has 0 saturated heterocycles. The average molecular weight is 272 g/mol. The van der Waals surface area contributed by atoms with Crippen molar-refractivity contribution in [1.82, 2.24) is 4.98 Å². The van der Waals surface area contributed by atoms with E-state index in [1.54, 1.807) is 30.6 Å². The zero-order valence-corrected chi connectivity index (χ0v) is 13.1. The van der Waals surface area contributed by atoms with Crippen LogP contribution >= 0.6 is 11.6 Å². The van der Waals surface area contributed by atoms with Gasteiger partial charge in [0.25, 0.3) is 0 Å². The van der Waals surface area contributed by atoms with E-state index >= 15 is 0 Å². The molecular formula is C12H7ClKNO2. The van der Waals surface area contributed by atoms with E-state index in [2.05, 4.69) is 4.98 Å². The van der Waals surface area contributed by atoms with Crippen molar-refractivity contribution in [3.8, 4) is 11.1 Å². The van der Waals surface area contributed by atoms with Crippen molar-refractivity contribution in [2.24, 2.45) is 0 Å².